The van der Waals surface area contributed by atoms with E-state index in [-0.39, 0.29) is 18.1 Å². The molecule has 0 saturated carbocycles. The van der Waals surface area contributed by atoms with Crippen LogP contribution in [0, 0.1) is 0 Å². The molecule has 1 aromatic rings. The highest BCUT2D eigenvalue weighted by Gasteiger charge is 2.36. The number of carbonyl (C=O) groups is 1. The first-order valence-corrected chi connectivity index (χ1v) is 5.30. The second-order valence-electron chi connectivity index (χ2n) is 3.15. The number of hydrogen-bond acceptors (Lipinski definition) is 6. The zero-order chi connectivity index (χ0) is 13.1. The Kier molecular flexibility index (Phi) is 4.27. The summed E-state index contributed by atoms with van der Waals surface area (Å²) in [6.45, 7) is 0.221. The molecule has 0 bridgehead atoms. The minimum absolute atomic E-state index is 0.0773. The average Bonchev–Trinajstić information content (AvgIpc) is 2.74. The third kappa shape index (κ3) is 3.84. The number of rotatable bonds is 4. The van der Waals surface area contributed by atoms with E-state index in [0.717, 1.165) is 0 Å². The van der Waals surface area contributed by atoms with Crippen LogP contribution in [0.3, 0.4) is 0 Å². The second kappa shape index (κ2) is 5.30. The van der Waals surface area contributed by atoms with Gasteiger partial charge in [-0.25, -0.2) is 0 Å². The third-order valence-corrected chi connectivity index (χ3v) is 2.70. The van der Waals surface area contributed by atoms with Crippen molar-refractivity contribution >= 4 is 22.6 Å². The van der Waals surface area contributed by atoms with Crippen molar-refractivity contribution in [2.45, 2.75) is 12.6 Å². The van der Waals surface area contributed by atoms with Gasteiger partial charge in [-0.3, -0.25) is 4.79 Å². The number of aromatic nitrogens is 2. The fourth-order valence-corrected chi connectivity index (χ4v) is 1.61. The van der Waals surface area contributed by atoms with Crippen LogP contribution in [-0.2, 0) is 15.7 Å². The molecular weight excluding hydrogens is 259 g/mol. The van der Waals surface area contributed by atoms with Gasteiger partial charge in [0.25, 0.3) is 0 Å². The molecule has 0 aliphatic rings. The molecule has 0 amide bonds. The maximum atomic E-state index is 12.2. The van der Waals surface area contributed by atoms with Crippen LogP contribution in [0.5, 0.6) is 0 Å². The molecule has 0 atom stereocenters. The van der Waals surface area contributed by atoms with Crippen LogP contribution >= 0.6 is 11.5 Å². The smallest absolute Gasteiger partial charge is 0.452 e. The number of ether oxygens (including phenoxy) is 1. The van der Waals surface area contributed by atoms with Crippen molar-refractivity contribution in [1.29, 1.82) is 0 Å². The van der Waals surface area contributed by atoms with Crippen molar-refractivity contribution in [1.82, 2.24) is 9.36 Å². The predicted octanol–water partition coefficient (Wildman–Crippen LogP) is 1.56. The molecule has 1 heterocycles. The summed E-state index contributed by atoms with van der Waals surface area (Å²) in [6.07, 6.45) is -4.47. The summed E-state index contributed by atoms with van der Waals surface area (Å²) < 4.78 is 44.3. The highest BCUT2D eigenvalue weighted by molar-refractivity contribution is 7.09. The summed E-state index contributed by atoms with van der Waals surface area (Å²) in [5.41, 5.74) is 0. The van der Waals surface area contributed by atoms with Gasteiger partial charge in [-0.1, -0.05) is 0 Å². The summed E-state index contributed by atoms with van der Waals surface area (Å²) in [6, 6.07) is 0. The van der Waals surface area contributed by atoms with E-state index in [1.807, 2.05) is 0 Å². The van der Waals surface area contributed by atoms with Crippen LogP contribution in [0.2, 0.25) is 0 Å². The number of methoxy groups -OCH3 is 1. The number of anilines is 1. The van der Waals surface area contributed by atoms with E-state index >= 15 is 0 Å². The van der Waals surface area contributed by atoms with Crippen molar-refractivity contribution in [2.75, 3.05) is 25.6 Å². The molecule has 0 N–H and O–H groups in total. The maximum Gasteiger partial charge on any atom is 0.452 e. The molecule has 0 aromatic carbocycles. The molecule has 5 nitrogen and oxygen atoms in total. The SMILES string of the molecule is COC(=O)CCN(C)c1nc(C(F)(F)F)ns1. The molecule has 96 valence electrons. The molecule has 1 aromatic heterocycles. The van der Waals surface area contributed by atoms with Crippen LogP contribution in [0.1, 0.15) is 12.2 Å². The van der Waals surface area contributed by atoms with Gasteiger partial charge in [0.15, 0.2) is 0 Å². The average molecular weight is 269 g/mol. The van der Waals surface area contributed by atoms with Gasteiger partial charge < -0.3 is 9.64 Å². The van der Waals surface area contributed by atoms with Crippen molar-refractivity contribution in [3.05, 3.63) is 5.82 Å². The van der Waals surface area contributed by atoms with Gasteiger partial charge in [0.05, 0.1) is 13.5 Å². The number of hydrogen-bond donors (Lipinski definition) is 0. The number of carbonyl (C=O) groups excluding carboxylic acids is 1. The Morgan fingerprint density at radius 3 is 2.65 bits per heavy atom. The zero-order valence-corrected chi connectivity index (χ0v) is 9.93. The third-order valence-electron chi connectivity index (χ3n) is 1.87. The monoisotopic (exact) mass is 269 g/mol. The van der Waals surface area contributed by atoms with Crippen LogP contribution in [0.15, 0.2) is 0 Å². The highest BCUT2D eigenvalue weighted by atomic mass is 32.1. The van der Waals surface area contributed by atoms with E-state index in [2.05, 4.69) is 14.1 Å². The van der Waals surface area contributed by atoms with E-state index in [1.165, 1.54) is 19.1 Å². The highest BCUT2D eigenvalue weighted by Crippen LogP contribution is 2.29. The van der Waals surface area contributed by atoms with Gasteiger partial charge in [-0.15, -0.1) is 0 Å². The predicted molar refractivity (Wildman–Crippen MR) is 54.8 cm³/mol. The Balaban J connectivity index is 2.61. The molecule has 0 spiro atoms. The van der Waals surface area contributed by atoms with Crippen LogP contribution in [-0.4, -0.2) is 36.0 Å². The Labute approximate surface area is 99.4 Å². The van der Waals surface area contributed by atoms with Crippen LogP contribution < -0.4 is 4.90 Å². The van der Waals surface area contributed by atoms with Gasteiger partial charge in [-0.05, 0) is 0 Å². The largest absolute Gasteiger partial charge is 0.469 e. The Hall–Kier alpha value is -1.38. The standard InChI is InChI=1S/C8H10F3N3O2S/c1-14(4-3-5(15)16-2)7-12-6(13-17-7)8(9,10)11/h3-4H2,1-2H3. The van der Waals surface area contributed by atoms with Crippen molar-refractivity contribution < 1.29 is 22.7 Å². The van der Waals surface area contributed by atoms with Gasteiger partial charge in [0.1, 0.15) is 0 Å². The Morgan fingerprint density at radius 2 is 2.18 bits per heavy atom. The first kappa shape index (κ1) is 13.7. The van der Waals surface area contributed by atoms with Gasteiger partial charge in [-0.2, -0.15) is 22.5 Å². The summed E-state index contributed by atoms with van der Waals surface area (Å²) in [4.78, 5) is 15.6. The minimum atomic E-state index is -4.54. The van der Waals surface area contributed by atoms with Crippen LogP contribution in [0.4, 0.5) is 18.3 Å². The molecule has 0 unspecified atom stereocenters. The number of alkyl halides is 3. The molecule has 1 rings (SSSR count). The Morgan fingerprint density at radius 1 is 1.53 bits per heavy atom. The molecular formula is C8H10F3N3O2S. The summed E-state index contributed by atoms with van der Waals surface area (Å²) >= 11 is 0.636. The molecule has 0 radical (unpaired) electrons. The molecule has 0 fully saturated rings. The normalized spacial score (nSPS) is 11.4. The van der Waals surface area contributed by atoms with E-state index in [1.54, 1.807) is 0 Å². The van der Waals surface area contributed by atoms with Gasteiger partial charge in [0.2, 0.25) is 11.0 Å². The summed E-state index contributed by atoms with van der Waals surface area (Å²) in [5, 5.41) is 0.112. The summed E-state index contributed by atoms with van der Waals surface area (Å²) in [7, 11) is 2.78. The lowest BCUT2D eigenvalue weighted by Gasteiger charge is -2.13. The topological polar surface area (TPSA) is 55.3 Å². The fourth-order valence-electron chi connectivity index (χ4n) is 0.942. The van der Waals surface area contributed by atoms with Crippen molar-refractivity contribution in [3.63, 3.8) is 0 Å². The fraction of sp³-hybridized carbons (Fsp3) is 0.625. The van der Waals surface area contributed by atoms with Crippen LogP contribution in [0.25, 0.3) is 0 Å². The maximum absolute atomic E-state index is 12.2. The van der Waals surface area contributed by atoms with Gasteiger partial charge >= 0.3 is 12.1 Å². The zero-order valence-electron chi connectivity index (χ0n) is 9.11. The second-order valence-corrected chi connectivity index (χ2v) is 3.88. The molecule has 0 aliphatic heterocycles. The Bertz CT molecular complexity index is 394. The van der Waals surface area contributed by atoms with E-state index < -0.39 is 18.0 Å². The molecule has 17 heavy (non-hydrogen) atoms. The van der Waals surface area contributed by atoms with Gasteiger partial charge in [0, 0.05) is 25.1 Å². The molecule has 9 heteroatoms. The van der Waals surface area contributed by atoms with E-state index in [4.69, 9.17) is 0 Å². The van der Waals surface area contributed by atoms with Crippen molar-refractivity contribution in [2.24, 2.45) is 0 Å². The molecule has 0 saturated heterocycles. The quantitative estimate of drug-likeness (QED) is 0.776. The lowest BCUT2D eigenvalue weighted by atomic mass is 10.4. The number of esters is 1. The van der Waals surface area contributed by atoms with Crippen molar-refractivity contribution in [3.8, 4) is 0 Å². The van der Waals surface area contributed by atoms with E-state index in [9.17, 15) is 18.0 Å². The first-order chi connectivity index (χ1) is 7.84. The first-order valence-electron chi connectivity index (χ1n) is 4.53. The number of halogens is 3. The summed E-state index contributed by atoms with van der Waals surface area (Å²) in [5.74, 6) is -1.60. The lowest BCUT2D eigenvalue weighted by molar-refractivity contribution is -0.144. The minimum Gasteiger partial charge on any atom is -0.469 e. The molecule has 0 aliphatic carbocycles. The number of nitrogens with zero attached hydrogens (tertiary/aromatic N) is 3. The van der Waals surface area contributed by atoms with E-state index in [0.29, 0.717) is 11.5 Å². The lowest BCUT2D eigenvalue weighted by Crippen LogP contribution is -2.21.